The Hall–Kier alpha value is -2.71. The second kappa shape index (κ2) is 5.51. The van der Waals surface area contributed by atoms with Gasteiger partial charge in [-0.05, 0) is 13.0 Å². The number of nitrogens with zero attached hydrogens (tertiary/aromatic N) is 5. The van der Waals surface area contributed by atoms with E-state index >= 15 is 0 Å². The molecular formula is C11H14N6O3. The zero-order chi connectivity index (χ0) is 14.7. The zero-order valence-electron chi connectivity index (χ0n) is 11.1. The maximum absolute atomic E-state index is 11.9. The molecule has 0 spiro atoms. The van der Waals surface area contributed by atoms with Crippen LogP contribution >= 0.6 is 0 Å². The molecule has 0 unspecified atom stereocenters. The molecule has 0 saturated heterocycles. The summed E-state index contributed by atoms with van der Waals surface area (Å²) in [5.41, 5.74) is 0.162. The number of aryl methyl sites for hydroxylation is 2. The third-order valence-electron chi connectivity index (χ3n) is 2.67. The fraction of sp³-hybridized carbons (Fsp3) is 0.364. The van der Waals surface area contributed by atoms with Gasteiger partial charge < -0.3 is 5.32 Å². The molecule has 0 aliphatic heterocycles. The summed E-state index contributed by atoms with van der Waals surface area (Å²) < 4.78 is 2.96. The number of rotatable bonds is 5. The average Bonchev–Trinajstić information content (AvgIpc) is 3.02. The smallest absolute Gasteiger partial charge is 0.320 e. The third-order valence-corrected chi connectivity index (χ3v) is 2.67. The number of aromatic nitrogens is 4. The minimum atomic E-state index is -0.631. The van der Waals surface area contributed by atoms with E-state index in [0.717, 1.165) is 6.54 Å². The van der Waals surface area contributed by atoms with Crippen molar-refractivity contribution in [2.24, 2.45) is 7.05 Å². The second-order valence-corrected chi connectivity index (χ2v) is 4.14. The van der Waals surface area contributed by atoms with Gasteiger partial charge in [0.1, 0.15) is 6.20 Å². The Morgan fingerprint density at radius 1 is 1.50 bits per heavy atom. The lowest BCUT2D eigenvalue weighted by molar-refractivity contribution is -0.385. The van der Waals surface area contributed by atoms with Crippen LogP contribution in [0.15, 0.2) is 18.5 Å². The van der Waals surface area contributed by atoms with Crippen LogP contribution in [-0.2, 0) is 20.1 Å². The first-order valence-electron chi connectivity index (χ1n) is 5.99. The molecule has 0 bridgehead atoms. The molecule has 0 radical (unpaired) electrons. The molecule has 2 rings (SSSR count). The van der Waals surface area contributed by atoms with Crippen LogP contribution in [0.4, 0.5) is 5.69 Å². The molecule has 0 atom stereocenters. The van der Waals surface area contributed by atoms with Gasteiger partial charge in [0.15, 0.2) is 0 Å². The van der Waals surface area contributed by atoms with Crippen molar-refractivity contribution in [2.75, 3.05) is 0 Å². The van der Waals surface area contributed by atoms with E-state index in [-0.39, 0.29) is 17.9 Å². The second-order valence-electron chi connectivity index (χ2n) is 4.14. The molecular weight excluding hydrogens is 264 g/mol. The summed E-state index contributed by atoms with van der Waals surface area (Å²) in [5, 5.41) is 21.4. The minimum absolute atomic E-state index is 0.194. The first-order chi connectivity index (χ1) is 9.51. The van der Waals surface area contributed by atoms with E-state index in [0.29, 0.717) is 5.69 Å². The first-order valence-corrected chi connectivity index (χ1v) is 5.99. The van der Waals surface area contributed by atoms with Crippen molar-refractivity contribution in [3.8, 4) is 0 Å². The molecule has 9 nitrogen and oxygen atoms in total. The van der Waals surface area contributed by atoms with E-state index in [9.17, 15) is 14.9 Å². The van der Waals surface area contributed by atoms with E-state index in [1.165, 1.54) is 17.9 Å². The molecule has 2 aromatic rings. The summed E-state index contributed by atoms with van der Waals surface area (Å²) >= 11 is 0. The van der Waals surface area contributed by atoms with Crippen LogP contribution in [0.2, 0.25) is 0 Å². The van der Waals surface area contributed by atoms with Gasteiger partial charge in [0.05, 0.1) is 17.2 Å². The minimum Gasteiger partial charge on any atom is -0.345 e. The Bertz CT molecular complexity index is 644. The number of amides is 1. The summed E-state index contributed by atoms with van der Waals surface area (Å²) in [6.07, 6.45) is 2.99. The van der Waals surface area contributed by atoms with E-state index in [1.807, 2.05) is 6.92 Å². The quantitative estimate of drug-likeness (QED) is 0.632. The van der Waals surface area contributed by atoms with E-state index < -0.39 is 10.8 Å². The topological polar surface area (TPSA) is 108 Å². The maximum atomic E-state index is 11.9. The van der Waals surface area contributed by atoms with Crippen LogP contribution in [0.5, 0.6) is 0 Å². The Kier molecular flexibility index (Phi) is 3.78. The number of hydrogen-bond donors (Lipinski definition) is 1. The van der Waals surface area contributed by atoms with Gasteiger partial charge >= 0.3 is 5.69 Å². The molecule has 0 aliphatic rings. The zero-order valence-corrected chi connectivity index (χ0v) is 11.1. The van der Waals surface area contributed by atoms with Gasteiger partial charge in [-0.15, -0.1) is 0 Å². The molecule has 1 N–H and O–H groups in total. The Morgan fingerprint density at radius 2 is 2.25 bits per heavy atom. The lowest BCUT2D eigenvalue weighted by atomic mass is 10.3. The molecule has 0 aromatic carbocycles. The van der Waals surface area contributed by atoms with Crippen LogP contribution < -0.4 is 5.32 Å². The predicted molar refractivity (Wildman–Crippen MR) is 68.9 cm³/mol. The summed E-state index contributed by atoms with van der Waals surface area (Å²) in [4.78, 5) is 22.1. The summed E-state index contributed by atoms with van der Waals surface area (Å²) in [6.45, 7) is 2.88. The predicted octanol–water partition coefficient (Wildman–Crippen LogP) is 0.475. The SMILES string of the molecule is CCn1ccc(CNC(=O)c2nn(C)cc2[N+](=O)[O-])n1. The summed E-state index contributed by atoms with van der Waals surface area (Å²) in [7, 11) is 1.52. The van der Waals surface area contributed by atoms with Gasteiger partial charge in [0.2, 0.25) is 5.69 Å². The van der Waals surface area contributed by atoms with Crippen LogP contribution in [0, 0.1) is 10.1 Å². The number of hydrogen-bond acceptors (Lipinski definition) is 5. The van der Waals surface area contributed by atoms with E-state index in [4.69, 9.17) is 0 Å². The largest absolute Gasteiger partial charge is 0.345 e. The average molecular weight is 278 g/mol. The molecule has 0 fully saturated rings. The van der Waals surface area contributed by atoms with E-state index in [1.54, 1.807) is 16.9 Å². The normalized spacial score (nSPS) is 10.5. The van der Waals surface area contributed by atoms with E-state index in [2.05, 4.69) is 15.5 Å². The van der Waals surface area contributed by atoms with Crippen LogP contribution in [0.25, 0.3) is 0 Å². The lowest BCUT2D eigenvalue weighted by Crippen LogP contribution is -2.24. The first kappa shape index (κ1) is 13.7. The van der Waals surface area contributed by atoms with Crippen LogP contribution in [0.3, 0.4) is 0 Å². The van der Waals surface area contributed by atoms with Crippen molar-refractivity contribution >= 4 is 11.6 Å². The van der Waals surface area contributed by atoms with Gasteiger partial charge in [-0.3, -0.25) is 24.3 Å². The molecule has 20 heavy (non-hydrogen) atoms. The Morgan fingerprint density at radius 3 is 2.85 bits per heavy atom. The van der Waals surface area contributed by atoms with Crippen molar-refractivity contribution in [1.82, 2.24) is 24.9 Å². The fourth-order valence-corrected chi connectivity index (χ4v) is 1.70. The van der Waals surface area contributed by atoms with Crippen LogP contribution in [0.1, 0.15) is 23.1 Å². The van der Waals surface area contributed by atoms with Crippen molar-refractivity contribution < 1.29 is 9.72 Å². The number of carbonyl (C=O) groups is 1. The number of nitrogens with one attached hydrogen (secondary N) is 1. The molecule has 2 aromatic heterocycles. The van der Waals surface area contributed by atoms with Crippen molar-refractivity contribution in [1.29, 1.82) is 0 Å². The molecule has 9 heteroatoms. The van der Waals surface area contributed by atoms with Crippen molar-refractivity contribution in [3.63, 3.8) is 0 Å². The summed E-state index contributed by atoms with van der Waals surface area (Å²) in [6, 6.07) is 1.77. The van der Waals surface area contributed by atoms with Gasteiger partial charge in [0.25, 0.3) is 5.91 Å². The molecule has 0 saturated carbocycles. The standard InChI is InChI=1S/C11H14N6O3/c1-3-16-5-4-8(13-16)6-12-11(18)10-9(17(19)20)7-15(2)14-10/h4-5,7H,3,6H2,1-2H3,(H,12,18). The number of nitro groups is 1. The van der Waals surface area contributed by atoms with Gasteiger partial charge in [-0.25, -0.2) is 0 Å². The monoisotopic (exact) mass is 278 g/mol. The molecule has 106 valence electrons. The molecule has 1 amide bonds. The van der Waals surface area contributed by atoms with Crippen molar-refractivity contribution in [3.05, 3.63) is 40.0 Å². The Labute approximate surface area is 114 Å². The highest BCUT2D eigenvalue weighted by molar-refractivity contribution is 5.95. The highest BCUT2D eigenvalue weighted by Crippen LogP contribution is 2.15. The summed E-state index contributed by atoms with van der Waals surface area (Å²) in [5.74, 6) is -0.594. The maximum Gasteiger partial charge on any atom is 0.320 e. The van der Waals surface area contributed by atoms with Crippen molar-refractivity contribution in [2.45, 2.75) is 20.0 Å². The highest BCUT2D eigenvalue weighted by atomic mass is 16.6. The Balaban J connectivity index is 2.06. The van der Waals surface area contributed by atoms with Crippen LogP contribution in [-0.4, -0.2) is 30.4 Å². The highest BCUT2D eigenvalue weighted by Gasteiger charge is 2.24. The molecule has 2 heterocycles. The fourth-order valence-electron chi connectivity index (χ4n) is 1.70. The van der Waals surface area contributed by atoms with Gasteiger partial charge in [-0.1, -0.05) is 0 Å². The lowest BCUT2D eigenvalue weighted by Gasteiger charge is -2.00. The third kappa shape index (κ3) is 2.82. The number of carbonyl (C=O) groups excluding carboxylic acids is 1. The molecule has 0 aliphatic carbocycles. The van der Waals surface area contributed by atoms with Gasteiger partial charge in [0, 0.05) is 19.8 Å². The van der Waals surface area contributed by atoms with Gasteiger partial charge in [-0.2, -0.15) is 10.2 Å².